The van der Waals surface area contributed by atoms with Gasteiger partial charge in [-0.3, -0.25) is 19.2 Å². The lowest BCUT2D eigenvalue weighted by molar-refractivity contribution is -0.131. The van der Waals surface area contributed by atoms with Gasteiger partial charge in [0.05, 0.1) is 25.8 Å². The van der Waals surface area contributed by atoms with Crippen molar-refractivity contribution in [2.75, 3.05) is 26.9 Å². The lowest BCUT2D eigenvalue weighted by Gasteiger charge is -2.21. The minimum absolute atomic E-state index is 0.0245. The molecule has 0 aliphatic carbocycles. The van der Waals surface area contributed by atoms with Gasteiger partial charge in [0.2, 0.25) is 11.8 Å². The number of hydrogen-bond acceptors (Lipinski definition) is 8. The molecular formula is C21H32N4O7. The van der Waals surface area contributed by atoms with Gasteiger partial charge >= 0.3 is 0 Å². The maximum atomic E-state index is 12.7. The van der Waals surface area contributed by atoms with Crippen molar-refractivity contribution in [1.82, 2.24) is 21.1 Å². The summed E-state index contributed by atoms with van der Waals surface area (Å²) in [4.78, 5) is 49.8. The molecule has 0 spiro atoms. The molecule has 1 fully saturated rings. The molecule has 1 aromatic heterocycles. The number of nitrogens with zero attached hydrogens (tertiary/aromatic N) is 1. The number of amides is 3. The monoisotopic (exact) mass is 452 g/mol. The van der Waals surface area contributed by atoms with Crippen molar-refractivity contribution in [3.8, 4) is 0 Å². The molecule has 2 rings (SSSR count). The maximum Gasteiger partial charge on any atom is 0.274 e. The summed E-state index contributed by atoms with van der Waals surface area (Å²) >= 11 is 0. The first-order valence-corrected chi connectivity index (χ1v) is 10.5. The molecule has 3 N–H and O–H groups in total. The quantitative estimate of drug-likeness (QED) is 0.357. The number of hydrogen-bond donors (Lipinski definition) is 3. The van der Waals surface area contributed by atoms with Crippen LogP contribution in [0.1, 0.15) is 49.9 Å². The third-order valence-corrected chi connectivity index (χ3v) is 5.02. The number of ether oxygens (including phenoxy) is 2. The second-order valence-electron chi connectivity index (χ2n) is 8.50. The third-order valence-electron chi connectivity index (χ3n) is 5.02. The Kier molecular flexibility index (Phi) is 8.90. The predicted octanol–water partition coefficient (Wildman–Crippen LogP) is 0.123. The Bertz CT molecular complexity index is 832. The maximum absolute atomic E-state index is 12.7. The first-order chi connectivity index (χ1) is 15.1. The highest BCUT2D eigenvalue weighted by Crippen LogP contribution is 2.29. The Hall–Kier alpha value is -2.79. The largest absolute Gasteiger partial charge is 0.382 e. The lowest BCUT2D eigenvalue weighted by atomic mass is 9.94. The fraction of sp³-hybridized carbons (Fsp3) is 0.667. The number of aromatic nitrogens is 1. The number of rotatable bonds is 13. The fourth-order valence-electron chi connectivity index (χ4n) is 2.98. The molecule has 1 saturated heterocycles. The van der Waals surface area contributed by atoms with Gasteiger partial charge in [-0.25, -0.2) is 0 Å². The second kappa shape index (κ2) is 11.2. The third kappa shape index (κ3) is 7.41. The van der Waals surface area contributed by atoms with Crippen LogP contribution in [-0.4, -0.2) is 73.2 Å². The Morgan fingerprint density at radius 2 is 1.88 bits per heavy atom. The van der Waals surface area contributed by atoms with Crippen molar-refractivity contribution < 1.29 is 33.2 Å². The number of carbonyl (C=O) groups is 4. The highest BCUT2D eigenvalue weighted by Gasteiger charge is 2.49. The van der Waals surface area contributed by atoms with E-state index in [2.05, 4.69) is 21.1 Å². The average molecular weight is 453 g/mol. The number of carbonyl (C=O) groups excluding carboxylic acids is 4. The van der Waals surface area contributed by atoms with E-state index >= 15 is 0 Å². The van der Waals surface area contributed by atoms with Gasteiger partial charge < -0.3 is 29.9 Å². The van der Waals surface area contributed by atoms with Crippen LogP contribution >= 0.6 is 0 Å². The van der Waals surface area contributed by atoms with Crippen LogP contribution in [-0.2, 0) is 23.9 Å². The fourth-order valence-corrected chi connectivity index (χ4v) is 2.98. The van der Waals surface area contributed by atoms with E-state index in [-0.39, 0.29) is 24.6 Å². The number of epoxide rings is 1. The SMILES string of the molecule is COC[C@H](NC(=O)c1cc(C)on1)C(=O)NCC(=O)N[C@@H](CCC(C)C)C(=O)C1(C)CO1. The Labute approximate surface area is 186 Å². The van der Waals surface area contributed by atoms with E-state index < -0.39 is 35.4 Å². The van der Waals surface area contributed by atoms with Gasteiger partial charge in [-0.05, 0) is 32.6 Å². The minimum atomic E-state index is -1.05. The normalized spacial score (nSPS) is 19.2. The molecule has 2 heterocycles. The number of Topliss-reactive ketones (excluding diaryl/α,β-unsaturated/α-hetero) is 1. The van der Waals surface area contributed by atoms with Crippen LogP contribution < -0.4 is 16.0 Å². The van der Waals surface area contributed by atoms with Crippen molar-refractivity contribution in [2.24, 2.45) is 5.92 Å². The molecule has 1 aromatic rings. The molecule has 3 atom stereocenters. The van der Waals surface area contributed by atoms with Crippen molar-refractivity contribution >= 4 is 23.5 Å². The summed E-state index contributed by atoms with van der Waals surface area (Å²) in [6.07, 6.45) is 1.23. The summed E-state index contributed by atoms with van der Waals surface area (Å²) in [5.74, 6) is -1.10. The van der Waals surface area contributed by atoms with Gasteiger partial charge in [-0.15, -0.1) is 0 Å². The van der Waals surface area contributed by atoms with Crippen LogP contribution in [0.15, 0.2) is 10.6 Å². The zero-order valence-electron chi connectivity index (χ0n) is 19.1. The number of nitrogens with one attached hydrogen (secondary N) is 3. The summed E-state index contributed by atoms with van der Waals surface area (Å²) in [7, 11) is 1.38. The first-order valence-electron chi connectivity index (χ1n) is 10.5. The molecule has 11 nitrogen and oxygen atoms in total. The summed E-state index contributed by atoms with van der Waals surface area (Å²) < 4.78 is 15.1. The molecule has 178 valence electrons. The summed E-state index contributed by atoms with van der Waals surface area (Å²) in [6.45, 7) is 7.26. The van der Waals surface area contributed by atoms with Gasteiger partial charge in [0.15, 0.2) is 11.5 Å². The molecule has 0 saturated carbocycles. The van der Waals surface area contributed by atoms with Crippen LogP contribution in [0, 0.1) is 12.8 Å². The van der Waals surface area contributed by atoms with Gasteiger partial charge in [0.1, 0.15) is 17.4 Å². The zero-order chi connectivity index (χ0) is 23.9. The Morgan fingerprint density at radius 1 is 1.19 bits per heavy atom. The van der Waals surface area contributed by atoms with E-state index in [1.165, 1.54) is 13.2 Å². The lowest BCUT2D eigenvalue weighted by Crippen LogP contribution is -2.53. The van der Waals surface area contributed by atoms with Crippen LogP contribution in [0.3, 0.4) is 0 Å². The molecule has 3 amide bonds. The topological polar surface area (TPSA) is 152 Å². The number of methoxy groups -OCH3 is 1. The van der Waals surface area contributed by atoms with Crippen LogP contribution in [0.2, 0.25) is 0 Å². The van der Waals surface area contributed by atoms with Crippen molar-refractivity contribution in [2.45, 2.75) is 58.2 Å². The van der Waals surface area contributed by atoms with E-state index in [0.717, 1.165) is 6.42 Å². The number of ketones is 1. The highest BCUT2D eigenvalue weighted by atomic mass is 16.6. The smallest absolute Gasteiger partial charge is 0.274 e. The highest BCUT2D eigenvalue weighted by molar-refractivity contribution is 5.98. The van der Waals surface area contributed by atoms with E-state index in [0.29, 0.717) is 24.7 Å². The molecular weight excluding hydrogens is 420 g/mol. The first kappa shape index (κ1) is 25.5. The predicted molar refractivity (Wildman–Crippen MR) is 113 cm³/mol. The van der Waals surface area contributed by atoms with E-state index in [4.69, 9.17) is 14.0 Å². The van der Waals surface area contributed by atoms with Crippen molar-refractivity contribution in [3.05, 3.63) is 17.5 Å². The second-order valence-corrected chi connectivity index (χ2v) is 8.50. The van der Waals surface area contributed by atoms with Gasteiger partial charge in [0.25, 0.3) is 5.91 Å². The van der Waals surface area contributed by atoms with Crippen LogP contribution in [0.25, 0.3) is 0 Å². The van der Waals surface area contributed by atoms with Gasteiger partial charge in [-0.1, -0.05) is 19.0 Å². The molecule has 1 aliphatic heterocycles. The molecule has 32 heavy (non-hydrogen) atoms. The number of aryl methyl sites for hydroxylation is 1. The van der Waals surface area contributed by atoms with Gasteiger partial charge in [0, 0.05) is 13.2 Å². The Morgan fingerprint density at radius 3 is 2.41 bits per heavy atom. The minimum Gasteiger partial charge on any atom is -0.382 e. The summed E-state index contributed by atoms with van der Waals surface area (Å²) in [5, 5.41) is 11.2. The zero-order valence-corrected chi connectivity index (χ0v) is 19.1. The van der Waals surface area contributed by atoms with Crippen molar-refractivity contribution in [1.29, 1.82) is 0 Å². The van der Waals surface area contributed by atoms with Crippen LogP contribution in [0.4, 0.5) is 0 Å². The van der Waals surface area contributed by atoms with E-state index in [9.17, 15) is 19.2 Å². The summed E-state index contributed by atoms with van der Waals surface area (Å²) in [6, 6.07) is -0.309. The van der Waals surface area contributed by atoms with Gasteiger partial charge in [-0.2, -0.15) is 0 Å². The standard InChI is InChI=1S/C21H32N4O7/c1-12(2)6-7-14(18(27)21(4)11-31-21)23-17(26)9-22-19(28)16(10-30-5)24-20(29)15-8-13(3)32-25-15/h8,12,14,16H,6-7,9-11H2,1-5H3,(H,22,28)(H,23,26)(H,24,29)/t14-,16-,21?/m0/s1. The molecule has 0 bridgehead atoms. The molecule has 0 aromatic carbocycles. The van der Waals surface area contributed by atoms with Crippen LogP contribution in [0.5, 0.6) is 0 Å². The molecule has 1 aliphatic rings. The van der Waals surface area contributed by atoms with Crippen molar-refractivity contribution in [3.63, 3.8) is 0 Å². The average Bonchev–Trinajstić information content (AvgIpc) is 3.34. The summed E-state index contributed by atoms with van der Waals surface area (Å²) in [5.41, 5.74) is -0.831. The Balaban J connectivity index is 1.90. The van der Waals surface area contributed by atoms with E-state index in [1.54, 1.807) is 13.8 Å². The molecule has 0 radical (unpaired) electrons. The molecule has 1 unspecified atom stereocenters. The van der Waals surface area contributed by atoms with E-state index in [1.807, 2.05) is 13.8 Å². The molecule has 11 heteroatoms.